The first-order valence-corrected chi connectivity index (χ1v) is 8.50. The minimum atomic E-state index is 0.0895. The molecule has 0 saturated carbocycles. The molecule has 0 spiro atoms. The smallest absolute Gasteiger partial charge is 0.228 e. The van der Waals surface area contributed by atoms with Gasteiger partial charge in [-0.2, -0.15) is 0 Å². The molecule has 0 N–H and O–H groups in total. The summed E-state index contributed by atoms with van der Waals surface area (Å²) in [5.74, 6) is 0.588. The van der Waals surface area contributed by atoms with E-state index in [4.69, 9.17) is 4.74 Å². The summed E-state index contributed by atoms with van der Waals surface area (Å²) in [6, 6.07) is 16.2. The Morgan fingerprint density at radius 3 is 2.71 bits per heavy atom. The van der Waals surface area contributed by atoms with Crippen molar-refractivity contribution in [2.45, 2.75) is 25.4 Å². The molecule has 2 heterocycles. The van der Waals surface area contributed by atoms with E-state index >= 15 is 0 Å². The number of nitrogens with zero attached hydrogens (tertiary/aromatic N) is 2. The van der Waals surface area contributed by atoms with Crippen LogP contribution in [0.15, 0.2) is 54.7 Å². The van der Waals surface area contributed by atoms with Gasteiger partial charge in [-0.25, -0.2) is 0 Å². The number of methoxy groups -OCH3 is 1. The first-order valence-electron chi connectivity index (χ1n) is 8.50. The molecule has 1 aromatic heterocycles. The van der Waals surface area contributed by atoms with Crippen LogP contribution in [0, 0.1) is 5.92 Å². The van der Waals surface area contributed by atoms with Crippen LogP contribution in [0.4, 0.5) is 0 Å². The second-order valence-electron chi connectivity index (χ2n) is 6.35. The maximum absolute atomic E-state index is 12.5. The molecular weight excluding hydrogens is 300 g/mol. The Balaban J connectivity index is 1.59. The number of hydrogen-bond donors (Lipinski definition) is 0. The Morgan fingerprint density at radius 1 is 1.21 bits per heavy atom. The highest BCUT2D eigenvalue weighted by molar-refractivity contribution is 5.78. The highest BCUT2D eigenvalue weighted by Gasteiger charge is 2.31. The Hall–Kier alpha value is -2.20. The molecule has 0 radical (unpaired) electrons. The molecule has 24 heavy (non-hydrogen) atoms. The van der Waals surface area contributed by atoms with Gasteiger partial charge in [-0.1, -0.05) is 36.4 Å². The predicted molar refractivity (Wildman–Crippen MR) is 93.6 cm³/mol. The lowest BCUT2D eigenvalue weighted by Crippen LogP contribution is -2.48. The molecule has 4 heteroatoms. The van der Waals surface area contributed by atoms with E-state index in [2.05, 4.69) is 29.2 Å². The zero-order valence-electron chi connectivity index (χ0n) is 14.1. The summed E-state index contributed by atoms with van der Waals surface area (Å²) >= 11 is 0. The third kappa shape index (κ3) is 4.20. The van der Waals surface area contributed by atoms with Crippen LogP contribution in [0.25, 0.3) is 0 Å². The molecule has 1 fully saturated rings. The summed E-state index contributed by atoms with van der Waals surface area (Å²) in [5.41, 5.74) is 2.15. The van der Waals surface area contributed by atoms with Gasteiger partial charge < -0.3 is 9.64 Å². The van der Waals surface area contributed by atoms with Crippen LogP contribution in [-0.4, -0.2) is 42.1 Å². The maximum Gasteiger partial charge on any atom is 0.228 e. The second kappa shape index (κ2) is 8.06. The van der Waals surface area contributed by atoms with Crippen molar-refractivity contribution in [3.63, 3.8) is 0 Å². The Bertz CT molecular complexity index is 645. The fraction of sp³-hybridized carbons (Fsp3) is 0.400. The Labute approximate surface area is 143 Å². The number of hydrogen-bond acceptors (Lipinski definition) is 3. The van der Waals surface area contributed by atoms with E-state index in [-0.39, 0.29) is 12.0 Å². The fourth-order valence-corrected chi connectivity index (χ4v) is 3.38. The molecule has 0 bridgehead atoms. The summed E-state index contributed by atoms with van der Waals surface area (Å²) in [6.45, 7) is 1.46. The number of aromatic nitrogens is 1. The normalized spacial score (nSPS) is 20.8. The number of piperidine rings is 1. The zero-order valence-corrected chi connectivity index (χ0v) is 14.1. The van der Waals surface area contributed by atoms with E-state index < -0.39 is 0 Å². The Kier molecular flexibility index (Phi) is 5.59. The monoisotopic (exact) mass is 324 g/mol. The van der Waals surface area contributed by atoms with Gasteiger partial charge in [-0.15, -0.1) is 0 Å². The van der Waals surface area contributed by atoms with Crippen LogP contribution in [0.2, 0.25) is 0 Å². The minimum Gasteiger partial charge on any atom is -0.379 e. The molecule has 1 saturated heterocycles. The average molecular weight is 324 g/mol. The van der Waals surface area contributed by atoms with Gasteiger partial charge in [0.2, 0.25) is 5.91 Å². The standard InChI is InChI=1S/C20H24N2O2/c1-24-19-15-22(20(23)14-18-9-5-6-11-21-18)12-10-17(19)13-16-7-3-2-4-8-16/h2-9,11,17,19H,10,12-15H2,1H3/t17-,19-/m1/s1. The third-order valence-electron chi connectivity index (χ3n) is 4.75. The van der Waals surface area contributed by atoms with Gasteiger partial charge in [0.1, 0.15) is 0 Å². The topological polar surface area (TPSA) is 42.4 Å². The molecule has 126 valence electrons. The molecule has 1 aliphatic rings. The number of ether oxygens (including phenoxy) is 1. The van der Waals surface area contributed by atoms with Gasteiger partial charge in [-0.05, 0) is 36.5 Å². The summed E-state index contributed by atoms with van der Waals surface area (Å²) in [5, 5.41) is 0. The molecule has 0 aliphatic carbocycles. The molecule has 1 aromatic carbocycles. The minimum absolute atomic E-state index is 0.0895. The summed E-state index contributed by atoms with van der Waals surface area (Å²) in [4.78, 5) is 18.7. The summed E-state index contributed by atoms with van der Waals surface area (Å²) < 4.78 is 5.70. The quantitative estimate of drug-likeness (QED) is 0.849. The number of likely N-dealkylation sites (tertiary alicyclic amines) is 1. The predicted octanol–water partition coefficient (Wildman–Crippen LogP) is 2.73. The second-order valence-corrected chi connectivity index (χ2v) is 6.35. The van der Waals surface area contributed by atoms with Crippen molar-refractivity contribution in [3.05, 3.63) is 66.0 Å². The van der Waals surface area contributed by atoms with Crippen LogP contribution in [0.1, 0.15) is 17.7 Å². The first kappa shape index (κ1) is 16.7. The van der Waals surface area contributed by atoms with Gasteiger partial charge in [0, 0.05) is 32.1 Å². The number of rotatable bonds is 5. The number of benzene rings is 1. The lowest BCUT2D eigenvalue weighted by Gasteiger charge is -2.38. The largest absolute Gasteiger partial charge is 0.379 e. The van der Waals surface area contributed by atoms with Crippen LogP contribution >= 0.6 is 0 Å². The van der Waals surface area contributed by atoms with E-state index in [0.29, 0.717) is 18.9 Å². The van der Waals surface area contributed by atoms with Gasteiger partial charge in [0.25, 0.3) is 0 Å². The maximum atomic E-state index is 12.5. The molecular formula is C20H24N2O2. The van der Waals surface area contributed by atoms with Crippen molar-refractivity contribution in [3.8, 4) is 0 Å². The number of pyridine rings is 1. The molecule has 0 unspecified atom stereocenters. The molecule has 3 rings (SSSR count). The molecule has 4 nitrogen and oxygen atoms in total. The molecule has 2 atom stereocenters. The first-order chi connectivity index (χ1) is 11.8. The molecule has 2 aromatic rings. The van der Waals surface area contributed by atoms with Crippen LogP contribution < -0.4 is 0 Å². The molecule has 1 aliphatic heterocycles. The van der Waals surface area contributed by atoms with Crippen LogP contribution in [0.3, 0.4) is 0 Å². The SMILES string of the molecule is CO[C@@H]1CN(C(=O)Cc2ccccn2)CC[C@@H]1Cc1ccccc1. The van der Waals surface area contributed by atoms with Crippen LogP contribution in [-0.2, 0) is 22.4 Å². The van der Waals surface area contributed by atoms with Gasteiger partial charge in [0.15, 0.2) is 0 Å². The van der Waals surface area contributed by atoms with E-state index in [0.717, 1.165) is 25.1 Å². The average Bonchev–Trinajstić information content (AvgIpc) is 2.63. The third-order valence-corrected chi connectivity index (χ3v) is 4.75. The number of amides is 1. The number of carbonyl (C=O) groups excluding carboxylic acids is 1. The van der Waals surface area contributed by atoms with Crippen molar-refractivity contribution >= 4 is 5.91 Å². The van der Waals surface area contributed by atoms with E-state index in [1.807, 2.05) is 29.2 Å². The summed E-state index contributed by atoms with van der Waals surface area (Å²) in [6.07, 6.45) is 4.16. The van der Waals surface area contributed by atoms with Crippen molar-refractivity contribution < 1.29 is 9.53 Å². The summed E-state index contributed by atoms with van der Waals surface area (Å²) in [7, 11) is 1.75. The van der Waals surface area contributed by atoms with E-state index in [1.165, 1.54) is 5.56 Å². The van der Waals surface area contributed by atoms with Crippen molar-refractivity contribution in [1.29, 1.82) is 0 Å². The highest BCUT2D eigenvalue weighted by atomic mass is 16.5. The molecule has 1 amide bonds. The fourth-order valence-electron chi connectivity index (χ4n) is 3.38. The Morgan fingerprint density at radius 2 is 2.00 bits per heavy atom. The lowest BCUT2D eigenvalue weighted by molar-refractivity contribution is -0.135. The van der Waals surface area contributed by atoms with Crippen molar-refractivity contribution in [2.24, 2.45) is 5.92 Å². The number of carbonyl (C=O) groups is 1. The van der Waals surface area contributed by atoms with E-state index in [1.54, 1.807) is 13.3 Å². The van der Waals surface area contributed by atoms with Gasteiger partial charge >= 0.3 is 0 Å². The van der Waals surface area contributed by atoms with Crippen LogP contribution in [0.5, 0.6) is 0 Å². The van der Waals surface area contributed by atoms with Gasteiger partial charge in [0.05, 0.1) is 12.5 Å². The highest BCUT2D eigenvalue weighted by Crippen LogP contribution is 2.24. The lowest BCUT2D eigenvalue weighted by atomic mass is 9.87. The van der Waals surface area contributed by atoms with Crippen molar-refractivity contribution in [1.82, 2.24) is 9.88 Å². The zero-order chi connectivity index (χ0) is 16.8. The van der Waals surface area contributed by atoms with E-state index in [9.17, 15) is 4.79 Å². The van der Waals surface area contributed by atoms with Gasteiger partial charge in [-0.3, -0.25) is 9.78 Å². The van der Waals surface area contributed by atoms with Crippen molar-refractivity contribution in [2.75, 3.05) is 20.2 Å².